The smallest absolute Gasteiger partial charge is 0.0399 e. The summed E-state index contributed by atoms with van der Waals surface area (Å²) in [7, 11) is 0. The largest absolute Gasteiger partial charge is 0.370 e. The molecule has 0 bridgehead atoms. The van der Waals surface area contributed by atoms with Gasteiger partial charge in [0.1, 0.15) is 0 Å². The lowest BCUT2D eigenvalue weighted by molar-refractivity contribution is 0.424. The van der Waals surface area contributed by atoms with Crippen molar-refractivity contribution in [3.8, 4) is 0 Å². The molecule has 0 saturated heterocycles. The van der Waals surface area contributed by atoms with Crippen LogP contribution in [-0.2, 0) is 6.42 Å². The molecule has 1 heterocycles. The Kier molecular flexibility index (Phi) is 3.79. The van der Waals surface area contributed by atoms with Crippen molar-refractivity contribution < 1.29 is 0 Å². The van der Waals surface area contributed by atoms with Gasteiger partial charge in [-0.05, 0) is 50.2 Å². The summed E-state index contributed by atoms with van der Waals surface area (Å²) in [6.45, 7) is 4.40. The first-order chi connectivity index (χ1) is 9.24. The molecule has 2 aliphatic rings. The first kappa shape index (κ1) is 13.0. The lowest BCUT2D eigenvalue weighted by Crippen LogP contribution is -2.43. The fraction of sp³-hybridized carbons (Fsp3) is 0.647. The summed E-state index contributed by atoms with van der Waals surface area (Å²) in [5.74, 6) is 0.760. The molecule has 104 valence electrons. The number of aryl methyl sites for hydroxylation is 2. The van der Waals surface area contributed by atoms with E-state index in [1.807, 2.05) is 0 Å². The van der Waals surface area contributed by atoms with Crippen LogP contribution in [-0.4, -0.2) is 19.1 Å². The van der Waals surface area contributed by atoms with Crippen LogP contribution in [0.2, 0.25) is 0 Å². The van der Waals surface area contributed by atoms with E-state index in [0.29, 0.717) is 6.04 Å². The molecule has 1 atom stereocenters. The van der Waals surface area contributed by atoms with Gasteiger partial charge in [0, 0.05) is 24.8 Å². The van der Waals surface area contributed by atoms with Crippen LogP contribution in [0, 0.1) is 12.8 Å². The minimum atomic E-state index is 0.356. The molecule has 1 unspecified atom stereocenters. The van der Waals surface area contributed by atoms with E-state index in [2.05, 4.69) is 30.0 Å². The third-order valence-corrected chi connectivity index (χ3v) is 4.89. The van der Waals surface area contributed by atoms with Crippen molar-refractivity contribution in [2.45, 2.75) is 51.5 Å². The van der Waals surface area contributed by atoms with E-state index in [0.717, 1.165) is 12.5 Å². The Hall–Kier alpha value is -1.02. The quantitative estimate of drug-likeness (QED) is 0.901. The molecule has 0 radical (unpaired) electrons. The van der Waals surface area contributed by atoms with Gasteiger partial charge in [-0.3, -0.25) is 0 Å². The highest BCUT2D eigenvalue weighted by Gasteiger charge is 2.25. The molecule has 1 saturated carbocycles. The Bertz CT molecular complexity index is 435. The van der Waals surface area contributed by atoms with Gasteiger partial charge in [-0.2, -0.15) is 0 Å². The van der Waals surface area contributed by atoms with Crippen LogP contribution >= 0.6 is 0 Å². The lowest BCUT2D eigenvalue weighted by Gasteiger charge is -2.35. The summed E-state index contributed by atoms with van der Waals surface area (Å²) in [5, 5.41) is 0. The topological polar surface area (TPSA) is 29.3 Å². The minimum absolute atomic E-state index is 0.356. The summed E-state index contributed by atoms with van der Waals surface area (Å²) in [6, 6.07) is 7.24. The number of hydrogen-bond acceptors (Lipinski definition) is 2. The zero-order chi connectivity index (χ0) is 13.2. The summed E-state index contributed by atoms with van der Waals surface area (Å²) >= 11 is 0. The van der Waals surface area contributed by atoms with Crippen LogP contribution in [0.25, 0.3) is 0 Å². The highest BCUT2D eigenvalue weighted by atomic mass is 15.1. The van der Waals surface area contributed by atoms with Gasteiger partial charge < -0.3 is 10.6 Å². The Labute approximate surface area is 117 Å². The van der Waals surface area contributed by atoms with E-state index < -0.39 is 0 Å². The van der Waals surface area contributed by atoms with E-state index in [-0.39, 0.29) is 0 Å². The Balaban J connectivity index is 1.72. The van der Waals surface area contributed by atoms with Crippen molar-refractivity contribution in [2.24, 2.45) is 11.7 Å². The van der Waals surface area contributed by atoms with Crippen molar-refractivity contribution in [3.05, 3.63) is 29.3 Å². The van der Waals surface area contributed by atoms with E-state index in [4.69, 9.17) is 5.73 Å². The molecular formula is C17H26N2. The molecule has 19 heavy (non-hydrogen) atoms. The predicted molar refractivity (Wildman–Crippen MR) is 81.6 cm³/mol. The minimum Gasteiger partial charge on any atom is -0.370 e. The first-order valence-electron chi connectivity index (χ1n) is 7.84. The van der Waals surface area contributed by atoms with Crippen LogP contribution in [0.5, 0.6) is 0 Å². The van der Waals surface area contributed by atoms with Crippen LogP contribution in [0.1, 0.15) is 43.2 Å². The number of fused-ring (bicyclic) bond motifs is 1. The van der Waals surface area contributed by atoms with E-state index in [1.54, 1.807) is 0 Å². The molecule has 0 spiro atoms. The predicted octanol–water partition coefficient (Wildman–Crippen LogP) is 3.27. The molecule has 0 aromatic heterocycles. The molecule has 2 heteroatoms. The average Bonchev–Trinajstić information content (AvgIpc) is 2.92. The molecule has 1 aliphatic heterocycles. The number of nitrogens with zero attached hydrogens (tertiary/aromatic N) is 1. The van der Waals surface area contributed by atoms with Gasteiger partial charge in [0.15, 0.2) is 0 Å². The van der Waals surface area contributed by atoms with Crippen LogP contribution < -0.4 is 10.6 Å². The molecule has 1 fully saturated rings. The number of rotatable bonds is 3. The van der Waals surface area contributed by atoms with Crippen LogP contribution in [0.3, 0.4) is 0 Å². The zero-order valence-corrected chi connectivity index (χ0v) is 12.1. The Morgan fingerprint density at radius 2 is 2.05 bits per heavy atom. The SMILES string of the molecule is Cc1ccc2c(c1)CCCN2CC(N)C1CCCC1. The molecule has 2 nitrogen and oxygen atoms in total. The summed E-state index contributed by atoms with van der Waals surface area (Å²) in [6.07, 6.45) is 7.95. The number of nitrogens with two attached hydrogens (primary N) is 1. The normalized spacial score (nSPS) is 21.5. The van der Waals surface area contributed by atoms with Gasteiger partial charge in [-0.15, -0.1) is 0 Å². The average molecular weight is 258 g/mol. The highest BCUT2D eigenvalue weighted by Crippen LogP contribution is 2.31. The monoisotopic (exact) mass is 258 g/mol. The van der Waals surface area contributed by atoms with Crippen molar-refractivity contribution in [1.82, 2.24) is 0 Å². The second kappa shape index (κ2) is 5.54. The molecular weight excluding hydrogens is 232 g/mol. The maximum absolute atomic E-state index is 6.46. The van der Waals surface area contributed by atoms with Gasteiger partial charge >= 0.3 is 0 Å². The van der Waals surface area contributed by atoms with Gasteiger partial charge in [-0.1, -0.05) is 30.5 Å². The first-order valence-corrected chi connectivity index (χ1v) is 7.84. The van der Waals surface area contributed by atoms with E-state index >= 15 is 0 Å². The van der Waals surface area contributed by atoms with E-state index in [1.165, 1.54) is 61.9 Å². The maximum atomic E-state index is 6.46. The second-order valence-corrected chi connectivity index (χ2v) is 6.39. The zero-order valence-electron chi connectivity index (χ0n) is 12.1. The number of hydrogen-bond donors (Lipinski definition) is 1. The molecule has 1 aliphatic carbocycles. The molecule has 2 N–H and O–H groups in total. The Morgan fingerprint density at radius 3 is 2.84 bits per heavy atom. The molecule has 1 aromatic carbocycles. The summed E-state index contributed by atoms with van der Waals surface area (Å²) in [5.41, 5.74) is 10.8. The Morgan fingerprint density at radius 1 is 1.26 bits per heavy atom. The van der Waals surface area contributed by atoms with Crippen molar-refractivity contribution >= 4 is 5.69 Å². The highest BCUT2D eigenvalue weighted by molar-refractivity contribution is 5.56. The molecule has 3 rings (SSSR count). The third kappa shape index (κ3) is 2.79. The molecule has 0 amide bonds. The van der Waals surface area contributed by atoms with E-state index in [9.17, 15) is 0 Å². The van der Waals surface area contributed by atoms with Gasteiger partial charge in [0.25, 0.3) is 0 Å². The third-order valence-electron chi connectivity index (χ3n) is 4.89. The van der Waals surface area contributed by atoms with Gasteiger partial charge in [0.05, 0.1) is 0 Å². The van der Waals surface area contributed by atoms with Crippen molar-refractivity contribution in [3.63, 3.8) is 0 Å². The van der Waals surface area contributed by atoms with Crippen LogP contribution in [0.15, 0.2) is 18.2 Å². The summed E-state index contributed by atoms with van der Waals surface area (Å²) < 4.78 is 0. The van der Waals surface area contributed by atoms with Crippen molar-refractivity contribution in [1.29, 1.82) is 0 Å². The second-order valence-electron chi connectivity index (χ2n) is 6.39. The van der Waals surface area contributed by atoms with Gasteiger partial charge in [0.2, 0.25) is 0 Å². The van der Waals surface area contributed by atoms with Gasteiger partial charge in [-0.25, -0.2) is 0 Å². The molecule has 1 aromatic rings. The number of anilines is 1. The summed E-state index contributed by atoms with van der Waals surface area (Å²) in [4.78, 5) is 2.53. The standard InChI is InChI=1S/C17H26N2/c1-13-8-9-17-15(11-13)7-4-10-19(17)12-16(18)14-5-2-3-6-14/h8-9,11,14,16H,2-7,10,12,18H2,1H3. The fourth-order valence-corrected chi connectivity index (χ4v) is 3.78. The van der Waals surface area contributed by atoms with Crippen molar-refractivity contribution in [2.75, 3.05) is 18.0 Å². The number of benzene rings is 1. The fourth-order valence-electron chi connectivity index (χ4n) is 3.78. The van der Waals surface area contributed by atoms with Crippen LogP contribution in [0.4, 0.5) is 5.69 Å². The lowest BCUT2D eigenvalue weighted by atomic mass is 9.95. The maximum Gasteiger partial charge on any atom is 0.0399 e.